The Hall–Kier alpha value is -1.87. The van der Waals surface area contributed by atoms with E-state index in [4.69, 9.17) is 4.74 Å². The molecule has 0 aromatic heterocycles. The lowest BCUT2D eigenvalue weighted by atomic mass is 10.1. The lowest BCUT2D eigenvalue weighted by Crippen LogP contribution is -1.92. The highest BCUT2D eigenvalue weighted by molar-refractivity contribution is 5.38. The van der Waals surface area contributed by atoms with E-state index in [1.165, 1.54) is 12.1 Å². The van der Waals surface area contributed by atoms with E-state index < -0.39 is 6.10 Å². The van der Waals surface area contributed by atoms with Crippen molar-refractivity contribution in [3.63, 3.8) is 0 Å². The normalized spacial score (nSPS) is 12.2. The van der Waals surface area contributed by atoms with Gasteiger partial charge in [-0.25, -0.2) is 4.39 Å². The molecule has 2 aromatic carbocycles. The highest BCUT2D eigenvalue weighted by Gasteiger charge is 2.04. The minimum absolute atomic E-state index is 0.274. The Morgan fingerprint density at radius 2 is 1.78 bits per heavy atom. The number of hydrogen-bond donors (Lipinski definition) is 1. The van der Waals surface area contributed by atoms with Crippen LogP contribution in [0.25, 0.3) is 0 Å². The van der Waals surface area contributed by atoms with Gasteiger partial charge in [0.05, 0.1) is 6.10 Å². The molecule has 0 amide bonds. The molecule has 0 spiro atoms. The lowest BCUT2D eigenvalue weighted by Gasteiger charge is -2.10. The van der Waals surface area contributed by atoms with E-state index in [1.807, 2.05) is 0 Å². The van der Waals surface area contributed by atoms with Crippen LogP contribution in [-0.2, 0) is 0 Å². The van der Waals surface area contributed by atoms with Gasteiger partial charge in [-0.1, -0.05) is 12.1 Å². The summed E-state index contributed by atoms with van der Waals surface area (Å²) in [6, 6.07) is 11.6. The molecular weight excluding hydrogens is 231 g/mol. The fourth-order valence-electron chi connectivity index (χ4n) is 1.67. The molecule has 0 fully saturated rings. The molecule has 0 unspecified atom stereocenters. The van der Waals surface area contributed by atoms with Gasteiger partial charge < -0.3 is 9.84 Å². The summed E-state index contributed by atoms with van der Waals surface area (Å²) in [6.45, 7) is 3.50. The molecule has 0 bridgehead atoms. The zero-order chi connectivity index (χ0) is 13.1. The van der Waals surface area contributed by atoms with Gasteiger partial charge in [-0.2, -0.15) is 0 Å². The highest BCUT2D eigenvalue weighted by Crippen LogP contribution is 2.26. The number of aliphatic hydroxyl groups excluding tert-OH is 1. The molecule has 0 saturated carbocycles. The molecular formula is C15H15FO2. The first-order valence-corrected chi connectivity index (χ1v) is 5.78. The SMILES string of the molecule is Cc1cc(F)ccc1Oc1ccc([C@H](C)O)cc1. The molecule has 1 N–H and O–H groups in total. The van der Waals surface area contributed by atoms with Crippen LogP contribution in [0.3, 0.4) is 0 Å². The molecule has 0 radical (unpaired) electrons. The van der Waals surface area contributed by atoms with Gasteiger partial charge in [-0.15, -0.1) is 0 Å². The number of aliphatic hydroxyl groups is 1. The Kier molecular flexibility index (Phi) is 3.63. The van der Waals surface area contributed by atoms with Gasteiger partial charge in [0.2, 0.25) is 0 Å². The third kappa shape index (κ3) is 2.87. The fraction of sp³-hybridized carbons (Fsp3) is 0.200. The predicted molar refractivity (Wildman–Crippen MR) is 68.3 cm³/mol. The summed E-state index contributed by atoms with van der Waals surface area (Å²) in [5, 5.41) is 9.40. The van der Waals surface area contributed by atoms with Gasteiger partial charge in [0.1, 0.15) is 17.3 Å². The maximum absolute atomic E-state index is 12.9. The third-order valence-corrected chi connectivity index (χ3v) is 2.73. The van der Waals surface area contributed by atoms with E-state index in [0.717, 1.165) is 11.1 Å². The quantitative estimate of drug-likeness (QED) is 0.887. The van der Waals surface area contributed by atoms with Crippen molar-refractivity contribution in [2.24, 2.45) is 0 Å². The van der Waals surface area contributed by atoms with E-state index in [1.54, 1.807) is 44.2 Å². The van der Waals surface area contributed by atoms with Crippen LogP contribution in [-0.4, -0.2) is 5.11 Å². The summed E-state index contributed by atoms with van der Waals surface area (Å²) in [5.41, 5.74) is 1.58. The molecule has 0 aliphatic heterocycles. The zero-order valence-electron chi connectivity index (χ0n) is 10.4. The second kappa shape index (κ2) is 5.19. The Labute approximate surface area is 106 Å². The minimum Gasteiger partial charge on any atom is -0.457 e. The van der Waals surface area contributed by atoms with Crippen molar-refractivity contribution in [1.29, 1.82) is 0 Å². The average Bonchev–Trinajstić information content (AvgIpc) is 2.33. The molecule has 18 heavy (non-hydrogen) atoms. The van der Waals surface area contributed by atoms with Crippen LogP contribution in [0.4, 0.5) is 4.39 Å². The van der Waals surface area contributed by atoms with Gasteiger partial charge in [0, 0.05) is 0 Å². The topological polar surface area (TPSA) is 29.5 Å². The largest absolute Gasteiger partial charge is 0.457 e. The van der Waals surface area contributed by atoms with Crippen LogP contribution < -0.4 is 4.74 Å². The molecule has 0 heterocycles. The van der Waals surface area contributed by atoms with Crippen LogP contribution in [0.2, 0.25) is 0 Å². The van der Waals surface area contributed by atoms with Crippen molar-refractivity contribution in [1.82, 2.24) is 0 Å². The van der Waals surface area contributed by atoms with E-state index in [0.29, 0.717) is 11.5 Å². The molecule has 0 saturated heterocycles. The highest BCUT2D eigenvalue weighted by atomic mass is 19.1. The standard InChI is InChI=1S/C15H15FO2/c1-10-9-13(16)5-8-15(10)18-14-6-3-12(4-7-14)11(2)17/h3-9,11,17H,1-2H3/t11-/m0/s1. The molecule has 2 aromatic rings. The van der Waals surface area contributed by atoms with E-state index in [-0.39, 0.29) is 5.82 Å². The summed E-state index contributed by atoms with van der Waals surface area (Å²) >= 11 is 0. The summed E-state index contributed by atoms with van der Waals surface area (Å²) in [6.07, 6.45) is -0.494. The second-order valence-electron chi connectivity index (χ2n) is 4.26. The van der Waals surface area contributed by atoms with Gasteiger partial charge in [-0.05, 0) is 55.3 Å². The third-order valence-electron chi connectivity index (χ3n) is 2.73. The first-order chi connectivity index (χ1) is 8.56. The summed E-state index contributed by atoms with van der Waals surface area (Å²) in [7, 11) is 0. The van der Waals surface area contributed by atoms with Crippen molar-refractivity contribution < 1.29 is 14.2 Å². The van der Waals surface area contributed by atoms with Crippen molar-refractivity contribution in [2.45, 2.75) is 20.0 Å². The van der Waals surface area contributed by atoms with Gasteiger partial charge >= 0.3 is 0 Å². The number of halogens is 1. The Morgan fingerprint density at radius 3 is 2.33 bits per heavy atom. The average molecular weight is 246 g/mol. The Bertz CT molecular complexity index is 533. The summed E-state index contributed by atoms with van der Waals surface area (Å²) in [5.74, 6) is 1.01. The lowest BCUT2D eigenvalue weighted by molar-refractivity contribution is 0.199. The molecule has 0 aliphatic carbocycles. The van der Waals surface area contributed by atoms with Crippen LogP contribution in [0.5, 0.6) is 11.5 Å². The maximum atomic E-state index is 12.9. The molecule has 2 rings (SSSR count). The number of rotatable bonds is 3. The molecule has 1 atom stereocenters. The van der Waals surface area contributed by atoms with E-state index in [2.05, 4.69) is 0 Å². The van der Waals surface area contributed by atoms with E-state index >= 15 is 0 Å². The van der Waals surface area contributed by atoms with Crippen molar-refractivity contribution in [3.8, 4) is 11.5 Å². The number of aryl methyl sites for hydroxylation is 1. The summed E-state index contributed by atoms with van der Waals surface area (Å²) in [4.78, 5) is 0. The number of hydrogen-bond acceptors (Lipinski definition) is 2. The predicted octanol–water partition coefficient (Wildman–Crippen LogP) is 3.98. The number of benzene rings is 2. The van der Waals surface area contributed by atoms with Crippen LogP contribution in [0.15, 0.2) is 42.5 Å². The zero-order valence-corrected chi connectivity index (χ0v) is 10.4. The van der Waals surface area contributed by atoms with Crippen molar-refractivity contribution in [2.75, 3.05) is 0 Å². The second-order valence-corrected chi connectivity index (χ2v) is 4.26. The molecule has 0 aliphatic rings. The van der Waals surface area contributed by atoms with Gasteiger partial charge in [-0.3, -0.25) is 0 Å². The molecule has 94 valence electrons. The maximum Gasteiger partial charge on any atom is 0.130 e. The first kappa shape index (κ1) is 12.6. The van der Waals surface area contributed by atoms with E-state index in [9.17, 15) is 9.50 Å². The summed E-state index contributed by atoms with van der Waals surface area (Å²) < 4.78 is 18.6. The Morgan fingerprint density at radius 1 is 1.11 bits per heavy atom. The molecule has 2 nitrogen and oxygen atoms in total. The fourth-order valence-corrected chi connectivity index (χ4v) is 1.67. The van der Waals surface area contributed by atoms with Crippen molar-refractivity contribution in [3.05, 3.63) is 59.4 Å². The van der Waals surface area contributed by atoms with Crippen molar-refractivity contribution >= 4 is 0 Å². The minimum atomic E-state index is -0.494. The van der Waals surface area contributed by atoms with Gasteiger partial charge in [0.25, 0.3) is 0 Å². The van der Waals surface area contributed by atoms with Crippen LogP contribution >= 0.6 is 0 Å². The smallest absolute Gasteiger partial charge is 0.130 e. The van der Waals surface area contributed by atoms with Crippen LogP contribution in [0.1, 0.15) is 24.2 Å². The first-order valence-electron chi connectivity index (χ1n) is 5.78. The van der Waals surface area contributed by atoms with Gasteiger partial charge in [0.15, 0.2) is 0 Å². The monoisotopic (exact) mass is 246 g/mol. The van der Waals surface area contributed by atoms with Crippen LogP contribution in [0, 0.1) is 12.7 Å². The number of ether oxygens (including phenoxy) is 1. The molecule has 3 heteroatoms. The Balaban J connectivity index is 2.18.